The van der Waals surface area contributed by atoms with Crippen molar-refractivity contribution >= 4 is 12.1 Å². The molecular weight excluding hydrogens is 256 g/mol. The van der Waals surface area contributed by atoms with E-state index >= 15 is 0 Å². The van der Waals surface area contributed by atoms with Crippen LogP contribution in [0.5, 0.6) is 11.5 Å². The highest BCUT2D eigenvalue weighted by Crippen LogP contribution is 2.25. The molecule has 0 aliphatic heterocycles. The minimum absolute atomic E-state index is 0.178. The third-order valence-corrected chi connectivity index (χ3v) is 2.92. The number of carbonyl (C=O) groups excluding carboxylic acids is 2. The number of carbonyl (C=O) groups is 1. The highest BCUT2D eigenvalue weighted by molar-refractivity contribution is 6.14. The normalized spacial score (nSPS) is 9.90. The van der Waals surface area contributed by atoms with Gasteiger partial charge in [-0.1, -0.05) is 18.2 Å². The van der Waals surface area contributed by atoms with E-state index in [1.54, 1.807) is 42.7 Å². The first kappa shape index (κ1) is 13.8. The standard InChI is InChI=1S/C16H13O4/c1-19-13-7-3-5-11(9-13)16(18)15-12(10-17)6-4-8-14(15)20-2/h3-9H,1-2H3. The van der Waals surface area contributed by atoms with Crippen molar-refractivity contribution in [2.75, 3.05) is 14.2 Å². The Labute approximate surface area is 116 Å². The summed E-state index contributed by atoms with van der Waals surface area (Å²) in [6.45, 7) is 0. The molecule has 0 fully saturated rings. The van der Waals surface area contributed by atoms with Crippen molar-refractivity contribution < 1.29 is 19.1 Å². The van der Waals surface area contributed by atoms with Gasteiger partial charge < -0.3 is 9.47 Å². The Morgan fingerprint density at radius 1 is 1.05 bits per heavy atom. The third-order valence-electron chi connectivity index (χ3n) is 2.92. The molecule has 2 aromatic carbocycles. The third kappa shape index (κ3) is 2.54. The Bertz CT molecular complexity index is 647. The summed E-state index contributed by atoms with van der Waals surface area (Å²) in [6, 6.07) is 11.5. The Morgan fingerprint density at radius 2 is 1.80 bits per heavy atom. The van der Waals surface area contributed by atoms with Crippen LogP contribution in [0.3, 0.4) is 0 Å². The molecule has 1 radical (unpaired) electrons. The van der Waals surface area contributed by atoms with Crippen LogP contribution in [0.2, 0.25) is 0 Å². The first-order valence-corrected chi connectivity index (χ1v) is 5.95. The van der Waals surface area contributed by atoms with Crippen LogP contribution in [0.25, 0.3) is 0 Å². The predicted molar refractivity (Wildman–Crippen MR) is 74.2 cm³/mol. The zero-order valence-electron chi connectivity index (χ0n) is 11.2. The molecule has 20 heavy (non-hydrogen) atoms. The summed E-state index contributed by atoms with van der Waals surface area (Å²) >= 11 is 0. The number of hydrogen-bond acceptors (Lipinski definition) is 4. The van der Waals surface area contributed by atoms with Gasteiger partial charge in [0.1, 0.15) is 11.5 Å². The first-order valence-electron chi connectivity index (χ1n) is 5.95. The SMILES string of the molecule is COc1cccc(C(=O)c2c([C]=O)cccc2OC)c1. The molecule has 0 heterocycles. The summed E-state index contributed by atoms with van der Waals surface area (Å²) in [7, 11) is 2.98. The topological polar surface area (TPSA) is 52.6 Å². The van der Waals surface area contributed by atoms with Crippen LogP contribution in [-0.4, -0.2) is 26.3 Å². The van der Waals surface area contributed by atoms with Gasteiger partial charge in [-0.25, -0.2) is 0 Å². The summed E-state index contributed by atoms with van der Waals surface area (Å²) in [5.74, 6) is 0.612. The number of rotatable bonds is 5. The molecule has 0 aliphatic rings. The van der Waals surface area contributed by atoms with Crippen LogP contribution in [0.1, 0.15) is 21.5 Å². The van der Waals surface area contributed by atoms with E-state index in [-0.39, 0.29) is 16.9 Å². The van der Waals surface area contributed by atoms with Crippen molar-refractivity contribution in [3.8, 4) is 11.5 Å². The lowest BCUT2D eigenvalue weighted by Crippen LogP contribution is -2.08. The van der Waals surface area contributed by atoms with Crippen LogP contribution in [0.15, 0.2) is 42.5 Å². The smallest absolute Gasteiger partial charge is 0.234 e. The molecule has 2 aromatic rings. The molecule has 4 heteroatoms. The van der Waals surface area contributed by atoms with Crippen molar-refractivity contribution in [2.45, 2.75) is 0 Å². The van der Waals surface area contributed by atoms with E-state index in [0.29, 0.717) is 17.1 Å². The minimum Gasteiger partial charge on any atom is -0.497 e. The molecular formula is C16H13O4. The van der Waals surface area contributed by atoms with Gasteiger partial charge in [0.05, 0.1) is 19.8 Å². The lowest BCUT2D eigenvalue weighted by Gasteiger charge is -2.10. The summed E-state index contributed by atoms with van der Waals surface area (Å²) in [6.07, 6.45) is 1.77. The van der Waals surface area contributed by atoms with Gasteiger partial charge in [-0.05, 0) is 24.3 Å². The molecule has 0 saturated carbocycles. The van der Waals surface area contributed by atoms with E-state index in [9.17, 15) is 9.59 Å². The monoisotopic (exact) mass is 269 g/mol. The molecule has 0 unspecified atom stereocenters. The first-order chi connectivity index (χ1) is 9.71. The van der Waals surface area contributed by atoms with Crippen LogP contribution >= 0.6 is 0 Å². The average molecular weight is 269 g/mol. The number of methoxy groups -OCH3 is 2. The van der Waals surface area contributed by atoms with Crippen molar-refractivity contribution in [1.29, 1.82) is 0 Å². The van der Waals surface area contributed by atoms with Crippen molar-refractivity contribution in [3.63, 3.8) is 0 Å². The molecule has 0 bridgehead atoms. The highest BCUT2D eigenvalue weighted by atomic mass is 16.5. The molecule has 0 spiro atoms. The zero-order chi connectivity index (χ0) is 14.5. The van der Waals surface area contributed by atoms with E-state index in [2.05, 4.69) is 0 Å². The van der Waals surface area contributed by atoms with Crippen LogP contribution in [-0.2, 0) is 4.79 Å². The summed E-state index contributed by atoms with van der Waals surface area (Å²) in [4.78, 5) is 23.6. The summed E-state index contributed by atoms with van der Waals surface area (Å²) < 4.78 is 10.2. The highest BCUT2D eigenvalue weighted by Gasteiger charge is 2.19. The van der Waals surface area contributed by atoms with Gasteiger partial charge >= 0.3 is 0 Å². The lowest BCUT2D eigenvalue weighted by molar-refractivity contribution is 0.103. The predicted octanol–water partition coefficient (Wildman–Crippen LogP) is 2.39. The molecule has 0 N–H and O–H groups in total. The molecule has 0 saturated heterocycles. The van der Waals surface area contributed by atoms with Gasteiger partial charge in [0, 0.05) is 11.1 Å². The fraction of sp³-hybridized carbons (Fsp3) is 0.125. The molecule has 0 aliphatic carbocycles. The van der Waals surface area contributed by atoms with Gasteiger partial charge in [-0.15, -0.1) is 0 Å². The van der Waals surface area contributed by atoms with Crippen LogP contribution in [0, 0.1) is 0 Å². The van der Waals surface area contributed by atoms with Crippen molar-refractivity contribution in [2.24, 2.45) is 0 Å². The van der Waals surface area contributed by atoms with Gasteiger partial charge in [0.2, 0.25) is 6.29 Å². The number of ether oxygens (including phenoxy) is 2. The van der Waals surface area contributed by atoms with Gasteiger partial charge in [-0.3, -0.25) is 9.59 Å². The second-order valence-electron chi connectivity index (χ2n) is 4.05. The largest absolute Gasteiger partial charge is 0.497 e. The maximum absolute atomic E-state index is 12.6. The molecule has 101 valence electrons. The van der Waals surface area contributed by atoms with Crippen molar-refractivity contribution in [1.82, 2.24) is 0 Å². The van der Waals surface area contributed by atoms with Gasteiger partial charge in [0.15, 0.2) is 5.78 Å². The Kier molecular flexibility index (Phi) is 4.15. The lowest BCUT2D eigenvalue weighted by atomic mass is 9.98. The zero-order valence-corrected chi connectivity index (χ0v) is 11.2. The fourth-order valence-corrected chi connectivity index (χ4v) is 1.93. The maximum Gasteiger partial charge on any atom is 0.234 e. The number of benzene rings is 2. The maximum atomic E-state index is 12.6. The molecule has 0 aromatic heterocycles. The molecule has 4 nitrogen and oxygen atoms in total. The summed E-state index contributed by atoms with van der Waals surface area (Å²) in [5, 5.41) is 0. The van der Waals surface area contributed by atoms with E-state index < -0.39 is 0 Å². The average Bonchev–Trinajstić information content (AvgIpc) is 2.53. The Balaban J connectivity index is 2.55. The Morgan fingerprint density at radius 3 is 2.45 bits per heavy atom. The number of ketones is 1. The van der Waals surface area contributed by atoms with Crippen LogP contribution < -0.4 is 9.47 Å². The van der Waals surface area contributed by atoms with E-state index in [0.717, 1.165) is 0 Å². The van der Waals surface area contributed by atoms with E-state index in [4.69, 9.17) is 9.47 Å². The molecule has 0 atom stereocenters. The molecule has 2 rings (SSSR count). The van der Waals surface area contributed by atoms with E-state index in [1.807, 2.05) is 0 Å². The Hall–Kier alpha value is -2.62. The minimum atomic E-state index is -0.306. The summed E-state index contributed by atoms with van der Waals surface area (Å²) in [5.41, 5.74) is 0.806. The quantitative estimate of drug-likeness (QED) is 0.782. The fourth-order valence-electron chi connectivity index (χ4n) is 1.93. The van der Waals surface area contributed by atoms with E-state index in [1.165, 1.54) is 20.3 Å². The van der Waals surface area contributed by atoms with Gasteiger partial charge in [0.25, 0.3) is 0 Å². The second kappa shape index (κ2) is 6.02. The van der Waals surface area contributed by atoms with Crippen LogP contribution in [0.4, 0.5) is 0 Å². The van der Waals surface area contributed by atoms with Gasteiger partial charge in [-0.2, -0.15) is 0 Å². The number of hydrogen-bond donors (Lipinski definition) is 0. The van der Waals surface area contributed by atoms with Crippen molar-refractivity contribution in [3.05, 3.63) is 59.2 Å². The second-order valence-corrected chi connectivity index (χ2v) is 4.05. The molecule has 0 amide bonds.